The molecule has 1 unspecified atom stereocenters. The number of benzene rings is 1. The van der Waals surface area contributed by atoms with Crippen LogP contribution in [-0.4, -0.2) is 36.3 Å². The summed E-state index contributed by atoms with van der Waals surface area (Å²) >= 11 is 1.73. The standard InChI is InChI=1S/C23H25N3O3S/c1-16-8-9-17(14-18(16)25-23(28)20-6-4-12-29-20)22(27)24-15-19(21-7-5-13-30-21)26-10-2-3-11-26/h4-9,12-14,19H,2-3,10-11,15H2,1H3,(H,24,27)(H,25,28). The minimum Gasteiger partial charge on any atom is -0.459 e. The van der Waals surface area contributed by atoms with Crippen molar-refractivity contribution in [1.82, 2.24) is 10.2 Å². The Morgan fingerprint density at radius 2 is 1.97 bits per heavy atom. The lowest BCUT2D eigenvalue weighted by atomic mass is 10.1. The highest BCUT2D eigenvalue weighted by Gasteiger charge is 2.25. The van der Waals surface area contributed by atoms with Crippen molar-refractivity contribution in [3.05, 3.63) is 75.9 Å². The monoisotopic (exact) mass is 423 g/mol. The fraction of sp³-hybridized carbons (Fsp3) is 0.304. The van der Waals surface area contributed by atoms with Gasteiger partial charge in [-0.2, -0.15) is 0 Å². The van der Waals surface area contributed by atoms with Crippen LogP contribution >= 0.6 is 11.3 Å². The molecule has 1 aliphatic rings. The molecule has 30 heavy (non-hydrogen) atoms. The van der Waals surface area contributed by atoms with Gasteiger partial charge in [-0.05, 0) is 74.1 Å². The molecule has 2 aromatic heterocycles. The largest absolute Gasteiger partial charge is 0.459 e. The van der Waals surface area contributed by atoms with E-state index in [1.807, 2.05) is 13.0 Å². The van der Waals surface area contributed by atoms with E-state index in [1.54, 1.807) is 35.6 Å². The third kappa shape index (κ3) is 4.63. The van der Waals surface area contributed by atoms with Crippen LogP contribution in [0.1, 0.15) is 50.2 Å². The van der Waals surface area contributed by atoms with Gasteiger partial charge in [0, 0.05) is 22.7 Å². The van der Waals surface area contributed by atoms with Crippen molar-refractivity contribution in [2.45, 2.75) is 25.8 Å². The van der Waals surface area contributed by atoms with E-state index in [-0.39, 0.29) is 23.6 Å². The molecular formula is C23H25N3O3S. The zero-order valence-corrected chi connectivity index (χ0v) is 17.7. The Labute approximate surface area is 179 Å². The van der Waals surface area contributed by atoms with Gasteiger partial charge in [-0.3, -0.25) is 14.5 Å². The molecule has 0 radical (unpaired) electrons. The van der Waals surface area contributed by atoms with Gasteiger partial charge in [-0.15, -0.1) is 11.3 Å². The van der Waals surface area contributed by atoms with Crippen molar-refractivity contribution in [3.8, 4) is 0 Å². The van der Waals surface area contributed by atoms with Crippen molar-refractivity contribution in [2.75, 3.05) is 25.0 Å². The molecule has 3 aromatic rings. The molecule has 2 N–H and O–H groups in total. The highest BCUT2D eigenvalue weighted by Crippen LogP contribution is 2.28. The van der Waals surface area contributed by atoms with Crippen LogP contribution in [0.25, 0.3) is 0 Å². The molecule has 7 heteroatoms. The van der Waals surface area contributed by atoms with Crippen LogP contribution in [0.2, 0.25) is 0 Å². The van der Waals surface area contributed by atoms with Gasteiger partial charge in [-0.25, -0.2) is 0 Å². The van der Waals surface area contributed by atoms with E-state index in [4.69, 9.17) is 4.42 Å². The fourth-order valence-electron chi connectivity index (χ4n) is 3.72. The first-order chi connectivity index (χ1) is 14.6. The van der Waals surface area contributed by atoms with Gasteiger partial charge >= 0.3 is 0 Å². The molecule has 0 spiro atoms. The van der Waals surface area contributed by atoms with E-state index in [0.717, 1.165) is 18.7 Å². The van der Waals surface area contributed by atoms with Crippen molar-refractivity contribution in [2.24, 2.45) is 0 Å². The number of rotatable bonds is 7. The summed E-state index contributed by atoms with van der Waals surface area (Å²) in [5.41, 5.74) is 1.99. The SMILES string of the molecule is Cc1ccc(C(=O)NCC(c2cccs2)N2CCCC2)cc1NC(=O)c1ccco1. The molecule has 4 rings (SSSR count). The third-order valence-electron chi connectivity index (χ3n) is 5.40. The van der Waals surface area contributed by atoms with E-state index in [2.05, 4.69) is 33.0 Å². The highest BCUT2D eigenvalue weighted by molar-refractivity contribution is 7.10. The Morgan fingerprint density at radius 1 is 1.13 bits per heavy atom. The Kier molecular flexibility index (Phi) is 6.30. The third-order valence-corrected chi connectivity index (χ3v) is 6.38. The molecule has 0 bridgehead atoms. The van der Waals surface area contributed by atoms with E-state index in [0.29, 0.717) is 17.8 Å². The van der Waals surface area contributed by atoms with Gasteiger partial charge in [0.2, 0.25) is 0 Å². The molecule has 1 fully saturated rings. The van der Waals surface area contributed by atoms with Crippen molar-refractivity contribution < 1.29 is 14.0 Å². The van der Waals surface area contributed by atoms with Crippen LogP contribution in [0.3, 0.4) is 0 Å². The van der Waals surface area contributed by atoms with Crippen molar-refractivity contribution >= 4 is 28.8 Å². The van der Waals surface area contributed by atoms with Gasteiger partial charge < -0.3 is 15.1 Å². The summed E-state index contributed by atoms with van der Waals surface area (Å²) in [5, 5.41) is 7.98. The maximum absolute atomic E-state index is 12.9. The second-order valence-electron chi connectivity index (χ2n) is 7.45. The van der Waals surface area contributed by atoms with Gasteiger partial charge in [0.25, 0.3) is 11.8 Å². The molecule has 1 atom stereocenters. The molecule has 1 aromatic carbocycles. The number of carbonyl (C=O) groups is 2. The number of hydrogen-bond donors (Lipinski definition) is 2. The van der Waals surface area contributed by atoms with Crippen LogP contribution in [0.4, 0.5) is 5.69 Å². The second-order valence-corrected chi connectivity index (χ2v) is 8.42. The molecule has 6 nitrogen and oxygen atoms in total. The molecular weight excluding hydrogens is 398 g/mol. The maximum atomic E-state index is 12.9. The van der Waals surface area contributed by atoms with Gasteiger partial charge in [-0.1, -0.05) is 12.1 Å². The minimum atomic E-state index is -0.340. The summed E-state index contributed by atoms with van der Waals surface area (Å²) in [5.74, 6) is -0.259. The first-order valence-corrected chi connectivity index (χ1v) is 11.0. The lowest BCUT2D eigenvalue weighted by Gasteiger charge is -2.27. The normalized spacial score (nSPS) is 15.1. The summed E-state index contributed by atoms with van der Waals surface area (Å²) in [6, 6.07) is 13.0. The lowest BCUT2D eigenvalue weighted by molar-refractivity contribution is 0.0937. The van der Waals surface area contributed by atoms with E-state index >= 15 is 0 Å². The van der Waals surface area contributed by atoms with Crippen molar-refractivity contribution in [3.63, 3.8) is 0 Å². The fourth-order valence-corrected chi connectivity index (χ4v) is 4.59. The van der Waals surface area contributed by atoms with Gasteiger partial charge in [0.05, 0.1) is 12.3 Å². The zero-order chi connectivity index (χ0) is 20.9. The number of nitrogens with one attached hydrogen (secondary N) is 2. The average molecular weight is 424 g/mol. The van der Waals surface area contributed by atoms with E-state index in [9.17, 15) is 9.59 Å². The number of amides is 2. The number of hydrogen-bond acceptors (Lipinski definition) is 5. The number of furan rings is 1. The van der Waals surface area contributed by atoms with Crippen LogP contribution in [-0.2, 0) is 0 Å². The molecule has 0 saturated carbocycles. The molecule has 1 aliphatic heterocycles. The molecule has 2 amide bonds. The number of thiophene rings is 1. The topological polar surface area (TPSA) is 74.6 Å². The highest BCUT2D eigenvalue weighted by atomic mass is 32.1. The summed E-state index contributed by atoms with van der Waals surface area (Å²) < 4.78 is 5.14. The summed E-state index contributed by atoms with van der Waals surface area (Å²) in [7, 11) is 0. The predicted molar refractivity (Wildman–Crippen MR) is 118 cm³/mol. The average Bonchev–Trinajstić information content (AvgIpc) is 3.52. The number of carbonyl (C=O) groups excluding carboxylic acids is 2. The first-order valence-electron chi connectivity index (χ1n) is 10.1. The Hall–Kier alpha value is -2.90. The van der Waals surface area contributed by atoms with Gasteiger partial charge in [0.1, 0.15) is 0 Å². The van der Waals surface area contributed by atoms with Crippen molar-refractivity contribution in [1.29, 1.82) is 0 Å². The Bertz CT molecular complexity index is 993. The smallest absolute Gasteiger partial charge is 0.291 e. The molecule has 3 heterocycles. The zero-order valence-electron chi connectivity index (χ0n) is 16.9. The van der Waals surface area contributed by atoms with Crippen LogP contribution < -0.4 is 10.6 Å². The lowest BCUT2D eigenvalue weighted by Crippen LogP contribution is -2.36. The summed E-state index contributed by atoms with van der Waals surface area (Å²) in [6.07, 6.45) is 3.86. The van der Waals surface area contributed by atoms with Crippen LogP contribution in [0.15, 0.2) is 58.5 Å². The maximum Gasteiger partial charge on any atom is 0.291 e. The molecule has 156 valence electrons. The van der Waals surface area contributed by atoms with Gasteiger partial charge in [0.15, 0.2) is 5.76 Å². The minimum absolute atomic E-state index is 0.149. The quantitative estimate of drug-likeness (QED) is 0.588. The Morgan fingerprint density at radius 3 is 2.67 bits per heavy atom. The first kappa shape index (κ1) is 20.4. The van der Waals surface area contributed by atoms with E-state index < -0.39 is 0 Å². The summed E-state index contributed by atoms with van der Waals surface area (Å²) in [4.78, 5) is 28.9. The second kappa shape index (κ2) is 9.28. The van der Waals surface area contributed by atoms with Crippen LogP contribution in [0, 0.1) is 6.92 Å². The molecule has 1 saturated heterocycles. The molecule has 0 aliphatic carbocycles. The number of aryl methyl sites for hydroxylation is 1. The number of nitrogens with zero attached hydrogens (tertiary/aromatic N) is 1. The number of likely N-dealkylation sites (tertiary alicyclic amines) is 1. The van der Waals surface area contributed by atoms with Crippen LogP contribution in [0.5, 0.6) is 0 Å². The summed E-state index contributed by atoms with van der Waals surface area (Å²) in [6.45, 7) is 4.57. The number of anilines is 1. The van der Waals surface area contributed by atoms with E-state index in [1.165, 1.54) is 24.0 Å². The predicted octanol–water partition coefficient (Wildman–Crippen LogP) is 4.47. The Balaban J connectivity index is 1.44.